The van der Waals surface area contributed by atoms with Crippen LogP contribution in [0.2, 0.25) is 0 Å². The number of hydrogen-bond acceptors (Lipinski definition) is 4. The SMILES string of the molecule is O=S(=O)(NC1CCN(S(=O)(=O)N2CCCCC2)CC1)c1ccccc1. The van der Waals surface area contributed by atoms with E-state index in [4.69, 9.17) is 0 Å². The van der Waals surface area contributed by atoms with Crippen molar-refractivity contribution in [2.24, 2.45) is 0 Å². The molecule has 140 valence electrons. The average Bonchev–Trinajstić information content (AvgIpc) is 2.63. The van der Waals surface area contributed by atoms with Crippen LogP contribution in [-0.4, -0.2) is 57.7 Å². The second-order valence-electron chi connectivity index (χ2n) is 6.58. The lowest BCUT2D eigenvalue weighted by Gasteiger charge is -2.36. The zero-order chi connectivity index (χ0) is 17.9. The van der Waals surface area contributed by atoms with E-state index in [1.54, 1.807) is 34.6 Å². The minimum atomic E-state index is -3.56. The highest BCUT2D eigenvalue weighted by Crippen LogP contribution is 2.21. The van der Waals surface area contributed by atoms with E-state index in [0.717, 1.165) is 19.3 Å². The van der Waals surface area contributed by atoms with Crippen LogP contribution in [0.4, 0.5) is 0 Å². The van der Waals surface area contributed by atoms with Gasteiger partial charge in [-0.25, -0.2) is 13.1 Å². The van der Waals surface area contributed by atoms with Gasteiger partial charge in [-0.1, -0.05) is 24.6 Å². The molecule has 2 fully saturated rings. The molecule has 9 heteroatoms. The van der Waals surface area contributed by atoms with E-state index < -0.39 is 20.2 Å². The van der Waals surface area contributed by atoms with Gasteiger partial charge >= 0.3 is 0 Å². The number of sulfonamides is 1. The molecule has 0 unspecified atom stereocenters. The molecule has 1 aromatic carbocycles. The van der Waals surface area contributed by atoms with E-state index in [1.165, 1.54) is 4.31 Å². The highest BCUT2D eigenvalue weighted by atomic mass is 32.2. The number of nitrogens with one attached hydrogen (secondary N) is 1. The fourth-order valence-electron chi connectivity index (χ4n) is 3.35. The number of hydrogen-bond donors (Lipinski definition) is 1. The smallest absolute Gasteiger partial charge is 0.208 e. The van der Waals surface area contributed by atoms with Gasteiger partial charge in [0.15, 0.2) is 0 Å². The third-order valence-electron chi connectivity index (χ3n) is 4.80. The fourth-order valence-corrected chi connectivity index (χ4v) is 6.39. The monoisotopic (exact) mass is 387 g/mol. The standard InChI is InChI=1S/C16H25N3O4S2/c20-24(21,16-7-3-1-4-8-16)17-15-9-13-19(14-10-15)25(22,23)18-11-5-2-6-12-18/h1,3-4,7-8,15,17H,2,5-6,9-14H2. The minimum Gasteiger partial charge on any atom is -0.208 e. The Kier molecular flexibility index (Phi) is 5.79. The molecule has 2 heterocycles. The highest BCUT2D eigenvalue weighted by Gasteiger charge is 2.34. The van der Waals surface area contributed by atoms with Crippen LogP contribution < -0.4 is 4.72 Å². The summed E-state index contributed by atoms with van der Waals surface area (Å²) in [5.74, 6) is 0. The Morgan fingerprint density at radius 2 is 1.36 bits per heavy atom. The zero-order valence-corrected chi connectivity index (χ0v) is 15.8. The molecule has 2 aliphatic rings. The lowest BCUT2D eigenvalue weighted by Crippen LogP contribution is -2.51. The van der Waals surface area contributed by atoms with Gasteiger partial charge in [-0.2, -0.15) is 17.0 Å². The second-order valence-corrected chi connectivity index (χ2v) is 10.2. The molecular weight excluding hydrogens is 362 g/mol. The van der Waals surface area contributed by atoms with Crippen molar-refractivity contribution in [1.29, 1.82) is 0 Å². The van der Waals surface area contributed by atoms with Crippen molar-refractivity contribution >= 4 is 20.2 Å². The minimum absolute atomic E-state index is 0.235. The van der Waals surface area contributed by atoms with E-state index in [0.29, 0.717) is 39.0 Å². The summed E-state index contributed by atoms with van der Waals surface area (Å²) in [4.78, 5) is 0.235. The maximum Gasteiger partial charge on any atom is 0.281 e. The third-order valence-corrected chi connectivity index (χ3v) is 8.37. The molecule has 0 spiro atoms. The zero-order valence-electron chi connectivity index (χ0n) is 14.2. The van der Waals surface area contributed by atoms with Gasteiger partial charge in [0.2, 0.25) is 10.0 Å². The van der Waals surface area contributed by atoms with E-state index in [2.05, 4.69) is 4.72 Å². The summed E-state index contributed by atoms with van der Waals surface area (Å²) >= 11 is 0. The quantitative estimate of drug-likeness (QED) is 0.821. The molecule has 3 rings (SSSR count). The summed E-state index contributed by atoms with van der Waals surface area (Å²) in [5, 5.41) is 0. The molecule has 1 N–H and O–H groups in total. The van der Waals surface area contributed by atoms with Crippen molar-refractivity contribution in [3.05, 3.63) is 30.3 Å². The Morgan fingerprint density at radius 3 is 1.96 bits per heavy atom. The molecule has 0 amide bonds. The van der Waals surface area contributed by atoms with Gasteiger partial charge in [0.05, 0.1) is 4.90 Å². The van der Waals surface area contributed by atoms with Crippen LogP contribution in [0.1, 0.15) is 32.1 Å². The van der Waals surface area contributed by atoms with Crippen molar-refractivity contribution in [3.63, 3.8) is 0 Å². The van der Waals surface area contributed by atoms with Crippen LogP contribution in [0.15, 0.2) is 35.2 Å². The largest absolute Gasteiger partial charge is 0.281 e. The van der Waals surface area contributed by atoms with Crippen molar-refractivity contribution < 1.29 is 16.8 Å². The molecular formula is C16H25N3O4S2. The predicted molar refractivity (Wildman–Crippen MR) is 95.7 cm³/mol. The fraction of sp³-hybridized carbons (Fsp3) is 0.625. The van der Waals surface area contributed by atoms with Crippen LogP contribution in [0.3, 0.4) is 0 Å². The van der Waals surface area contributed by atoms with Crippen LogP contribution in [0, 0.1) is 0 Å². The first kappa shape index (κ1) is 18.8. The Morgan fingerprint density at radius 1 is 0.800 bits per heavy atom. The molecule has 0 aromatic heterocycles. The summed E-state index contributed by atoms with van der Waals surface area (Å²) < 4.78 is 55.8. The maximum atomic E-state index is 12.7. The van der Waals surface area contributed by atoms with Gasteiger partial charge in [-0.3, -0.25) is 0 Å². The van der Waals surface area contributed by atoms with E-state index in [1.807, 2.05) is 0 Å². The number of piperidine rings is 2. The molecule has 0 saturated carbocycles. The molecule has 0 atom stereocenters. The van der Waals surface area contributed by atoms with Crippen LogP contribution in [0.25, 0.3) is 0 Å². The Labute approximate surface area is 150 Å². The maximum absolute atomic E-state index is 12.7. The molecule has 2 saturated heterocycles. The van der Waals surface area contributed by atoms with Crippen molar-refractivity contribution in [1.82, 2.24) is 13.3 Å². The topological polar surface area (TPSA) is 86.8 Å². The molecule has 7 nitrogen and oxygen atoms in total. The lowest BCUT2D eigenvalue weighted by molar-refractivity contribution is 0.265. The molecule has 0 bridgehead atoms. The third kappa shape index (κ3) is 4.40. The second kappa shape index (κ2) is 7.71. The Balaban J connectivity index is 1.58. The van der Waals surface area contributed by atoms with Crippen molar-refractivity contribution in [2.45, 2.75) is 43.0 Å². The van der Waals surface area contributed by atoms with Gasteiger partial charge in [0, 0.05) is 32.2 Å². The van der Waals surface area contributed by atoms with E-state index >= 15 is 0 Å². The van der Waals surface area contributed by atoms with Crippen molar-refractivity contribution in [3.8, 4) is 0 Å². The first-order chi connectivity index (χ1) is 11.9. The number of benzene rings is 1. The van der Waals surface area contributed by atoms with E-state index in [-0.39, 0.29) is 10.9 Å². The van der Waals surface area contributed by atoms with Crippen LogP contribution >= 0.6 is 0 Å². The molecule has 25 heavy (non-hydrogen) atoms. The van der Waals surface area contributed by atoms with Gasteiger partial charge < -0.3 is 0 Å². The van der Waals surface area contributed by atoms with Gasteiger partial charge in [0.25, 0.3) is 10.2 Å². The number of nitrogens with zero attached hydrogens (tertiary/aromatic N) is 2. The molecule has 1 aromatic rings. The summed E-state index contributed by atoms with van der Waals surface area (Å²) in [6.45, 7) is 1.87. The average molecular weight is 388 g/mol. The predicted octanol–water partition coefficient (Wildman–Crippen LogP) is 1.16. The lowest BCUT2D eigenvalue weighted by atomic mass is 10.1. The first-order valence-electron chi connectivity index (χ1n) is 8.72. The van der Waals surface area contributed by atoms with Crippen molar-refractivity contribution in [2.75, 3.05) is 26.2 Å². The summed E-state index contributed by atoms with van der Waals surface area (Å²) in [5.41, 5.74) is 0. The first-order valence-corrected chi connectivity index (χ1v) is 11.6. The van der Waals surface area contributed by atoms with E-state index in [9.17, 15) is 16.8 Å². The number of rotatable bonds is 5. The van der Waals surface area contributed by atoms with Gasteiger partial charge in [-0.05, 0) is 37.8 Å². The molecule has 0 aliphatic carbocycles. The van der Waals surface area contributed by atoms with Crippen LogP contribution in [0.5, 0.6) is 0 Å². The summed E-state index contributed by atoms with van der Waals surface area (Å²) in [7, 11) is -6.98. The Hall–Kier alpha value is -1.00. The van der Waals surface area contributed by atoms with Crippen LogP contribution in [-0.2, 0) is 20.2 Å². The summed E-state index contributed by atoms with van der Waals surface area (Å²) in [6.07, 6.45) is 3.87. The molecule has 0 radical (unpaired) electrons. The Bertz CT molecular complexity index is 767. The summed E-state index contributed by atoms with van der Waals surface area (Å²) in [6, 6.07) is 8.00. The van der Waals surface area contributed by atoms with Gasteiger partial charge in [0.1, 0.15) is 0 Å². The highest BCUT2D eigenvalue weighted by molar-refractivity contribution is 7.89. The normalized spacial score (nSPS) is 22.1. The molecule has 2 aliphatic heterocycles. The van der Waals surface area contributed by atoms with Gasteiger partial charge in [-0.15, -0.1) is 0 Å².